The van der Waals surface area contributed by atoms with E-state index in [-0.39, 0.29) is 12.4 Å². The number of rotatable bonds is 3. The first kappa shape index (κ1) is 15.4. The third-order valence-electron chi connectivity index (χ3n) is 2.77. The molecule has 0 bridgehead atoms. The second-order valence-electron chi connectivity index (χ2n) is 4.20. The van der Waals surface area contributed by atoms with Crippen molar-refractivity contribution in [1.82, 2.24) is 0 Å². The van der Waals surface area contributed by atoms with Crippen LogP contribution in [0.5, 0.6) is 5.75 Å². The van der Waals surface area contributed by atoms with Gasteiger partial charge in [0.05, 0.1) is 17.2 Å². The van der Waals surface area contributed by atoms with Gasteiger partial charge in [-0.3, -0.25) is 0 Å². The topological polar surface area (TPSA) is 33.0 Å². The Balaban J connectivity index is 2.23. The number of nitriles is 1. The molecule has 0 saturated carbocycles. The molecule has 0 radical (unpaired) electrons. The molecule has 21 heavy (non-hydrogen) atoms. The van der Waals surface area contributed by atoms with Crippen molar-refractivity contribution in [2.24, 2.45) is 0 Å². The molecule has 108 valence electrons. The Labute approximate surface area is 127 Å². The minimum Gasteiger partial charge on any atom is -0.489 e. The van der Waals surface area contributed by atoms with Crippen molar-refractivity contribution >= 4 is 15.9 Å². The van der Waals surface area contributed by atoms with Gasteiger partial charge in [0.2, 0.25) is 0 Å². The third-order valence-corrected chi connectivity index (χ3v) is 3.54. The third kappa shape index (κ3) is 3.76. The van der Waals surface area contributed by atoms with Gasteiger partial charge < -0.3 is 4.74 Å². The van der Waals surface area contributed by atoms with Gasteiger partial charge in [-0.1, -0.05) is 34.1 Å². The van der Waals surface area contributed by atoms with E-state index in [2.05, 4.69) is 15.9 Å². The molecule has 2 rings (SSSR count). The molecule has 0 aromatic heterocycles. The Kier molecular flexibility index (Phi) is 4.53. The van der Waals surface area contributed by atoms with E-state index in [0.717, 1.165) is 22.2 Å². The predicted molar refractivity (Wildman–Crippen MR) is 74.6 cm³/mol. The van der Waals surface area contributed by atoms with Gasteiger partial charge in [0.1, 0.15) is 12.4 Å². The highest BCUT2D eigenvalue weighted by atomic mass is 79.9. The molecule has 0 atom stereocenters. The van der Waals surface area contributed by atoms with Crippen LogP contribution in [0.4, 0.5) is 13.2 Å². The number of halogens is 4. The Morgan fingerprint density at radius 2 is 1.86 bits per heavy atom. The first-order chi connectivity index (χ1) is 9.91. The van der Waals surface area contributed by atoms with E-state index in [1.165, 1.54) is 12.1 Å². The lowest BCUT2D eigenvalue weighted by atomic mass is 10.1. The van der Waals surface area contributed by atoms with E-state index in [1.807, 2.05) is 18.2 Å². The fourth-order valence-electron chi connectivity index (χ4n) is 1.72. The molecule has 0 N–H and O–H groups in total. The van der Waals surface area contributed by atoms with Crippen LogP contribution in [0.15, 0.2) is 46.9 Å². The highest BCUT2D eigenvalue weighted by molar-refractivity contribution is 9.10. The number of nitrogens with zero attached hydrogens (tertiary/aromatic N) is 1. The molecule has 0 aliphatic heterocycles. The van der Waals surface area contributed by atoms with Crippen LogP contribution in [0, 0.1) is 11.3 Å². The van der Waals surface area contributed by atoms with Crippen molar-refractivity contribution in [3.05, 3.63) is 63.6 Å². The predicted octanol–water partition coefficient (Wildman–Crippen LogP) is 4.92. The van der Waals surface area contributed by atoms with Gasteiger partial charge >= 0.3 is 6.18 Å². The summed E-state index contributed by atoms with van der Waals surface area (Å²) in [4.78, 5) is 0. The molecule has 2 nitrogen and oxygen atoms in total. The first-order valence-electron chi connectivity index (χ1n) is 5.89. The van der Waals surface area contributed by atoms with Crippen LogP contribution in [-0.2, 0) is 12.8 Å². The van der Waals surface area contributed by atoms with Crippen molar-refractivity contribution in [3.63, 3.8) is 0 Å². The minimum atomic E-state index is -4.59. The number of hydrogen-bond acceptors (Lipinski definition) is 2. The van der Waals surface area contributed by atoms with E-state index >= 15 is 0 Å². The lowest BCUT2D eigenvalue weighted by Gasteiger charge is -2.12. The summed E-state index contributed by atoms with van der Waals surface area (Å²) >= 11 is 3.34. The second-order valence-corrected chi connectivity index (χ2v) is 5.05. The van der Waals surface area contributed by atoms with Crippen LogP contribution in [0.2, 0.25) is 0 Å². The van der Waals surface area contributed by atoms with Crippen molar-refractivity contribution < 1.29 is 17.9 Å². The maximum Gasteiger partial charge on any atom is 0.417 e. The molecular weight excluding hydrogens is 347 g/mol. The normalized spacial score (nSPS) is 11.0. The molecule has 0 fully saturated rings. The Morgan fingerprint density at radius 1 is 1.14 bits per heavy atom. The SMILES string of the molecule is N#Cc1ccc(OCc2ccccc2Br)cc1C(F)(F)F. The zero-order chi connectivity index (χ0) is 15.5. The molecular formula is C15H9BrF3NO. The number of benzene rings is 2. The average Bonchev–Trinajstić information content (AvgIpc) is 2.45. The Morgan fingerprint density at radius 3 is 2.48 bits per heavy atom. The van der Waals surface area contributed by atoms with Gasteiger partial charge in [-0.25, -0.2) is 0 Å². The fourth-order valence-corrected chi connectivity index (χ4v) is 2.12. The summed E-state index contributed by atoms with van der Waals surface area (Å²) in [6.07, 6.45) is -4.59. The molecule has 0 aliphatic carbocycles. The molecule has 0 amide bonds. The van der Waals surface area contributed by atoms with E-state index < -0.39 is 17.3 Å². The summed E-state index contributed by atoms with van der Waals surface area (Å²) < 4.78 is 44.7. The van der Waals surface area contributed by atoms with Gasteiger partial charge in [0, 0.05) is 10.0 Å². The van der Waals surface area contributed by atoms with Gasteiger partial charge in [0.25, 0.3) is 0 Å². The van der Waals surface area contributed by atoms with Crippen molar-refractivity contribution in [2.45, 2.75) is 12.8 Å². The standard InChI is InChI=1S/C15H9BrF3NO/c16-14-4-2-1-3-11(14)9-21-12-6-5-10(8-20)13(7-12)15(17,18)19/h1-7H,9H2. The van der Waals surface area contributed by atoms with Crippen LogP contribution >= 0.6 is 15.9 Å². The Bertz CT molecular complexity index is 692. The zero-order valence-corrected chi connectivity index (χ0v) is 12.2. The lowest BCUT2D eigenvalue weighted by Crippen LogP contribution is -2.08. The fraction of sp³-hybridized carbons (Fsp3) is 0.133. The summed E-state index contributed by atoms with van der Waals surface area (Å²) in [6.45, 7) is 0.130. The largest absolute Gasteiger partial charge is 0.489 e. The van der Waals surface area contributed by atoms with Crippen LogP contribution in [-0.4, -0.2) is 0 Å². The van der Waals surface area contributed by atoms with Crippen LogP contribution < -0.4 is 4.74 Å². The van der Waals surface area contributed by atoms with Crippen LogP contribution in [0.1, 0.15) is 16.7 Å². The van der Waals surface area contributed by atoms with Crippen molar-refractivity contribution in [1.29, 1.82) is 5.26 Å². The summed E-state index contributed by atoms with van der Waals surface area (Å²) in [7, 11) is 0. The summed E-state index contributed by atoms with van der Waals surface area (Å²) in [5.74, 6) is 0.0667. The summed E-state index contributed by atoms with van der Waals surface area (Å²) in [6, 6.07) is 12.1. The molecule has 0 heterocycles. The smallest absolute Gasteiger partial charge is 0.417 e. The van der Waals surface area contributed by atoms with E-state index in [1.54, 1.807) is 6.07 Å². The molecule has 2 aromatic rings. The molecule has 0 unspecified atom stereocenters. The van der Waals surface area contributed by atoms with Gasteiger partial charge in [-0.15, -0.1) is 0 Å². The second kappa shape index (κ2) is 6.19. The van der Waals surface area contributed by atoms with E-state index in [4.69, 9.17) is 10.00 Å². The van der Waals surface area contributed by atoms with Crippen LogP contribution in [0.25, 0.3) is 0 Å². The lowest BCUT2D eigenvalue weighted by molar-refractivity contribution is -0.137. The quantitative estimate of drug-likeness (QED) is 0.782. The summed E-state index contributed by atoms with van der Waals surface area (Å²) in [5.41, 5.74) is -0.596. The Hall–Kier alpha value is -2.00. The van der Waals surface area contributed by atoms with Gasteiger partial charge in [-0.05, 0) is 24.3 Å². The number of hydrogen-bond donors (Lipinski definition) is 0. The van der Waals surface area contributed by atoms with E-state index in [0.29, 0.717) is 0 Å². The minimum absolute atomic E-state index is 0.0667. The molecule has 0 saturated heterocycles. The maximum atomic E-state index is 12.8. The monoisotopic (exact) mass is 355 g/mol. The number of ether oxygens (including phenoxy) is 1. The maximum absolute atomic E-state index is 12.8. The zero-order valence-electron chi connectivity index (χ0n) is 10.6. The first-order valence-corrected chi connectivity index (χ1v) is 6.68. The van der Waals surface area contributed by atoms with Crippen molar-refractivity contribution in [2.75, 3.05) is 0 Å². The molecule has 0 aliphatic rings. The van der Waals surface area contributed by atoms with Gasteiger partial charge in [-0.2, -0.15) is 18.4 Å². The highest BCUT2D eigenvalue weighted by Crippen LogP contribution is 2.34. The average molecular weight is 356 g/mol. The molecule has 0 spiro atoms. The molecule has 6 heteroatoms. The van der Waals surface area contributed by atoms with E-state index in [9.17, 15) is 13.2 Å². The van der Waals surface area contributed by atoms with Crippen molar-refractivity contribution in [3.8, 4) is 11.8 Å². The summed E-state index contributed by atoms with van der Waals surface area (Å²) in [5, 5.41) is 8.72. The van der Waals surface area contributed by atoms with Crippen LogP contribution in [0.3, 0.4) is 0 Å². The number of alkyl halides is 3. The molecule has 2 aromatic carbocycles. The van der Waals surface area contributed by atoms with Gasteiger partial charge in [0.15, 0.2) is 0 Å². The highest BCUT2D eigenvalue weighted by Gasteiger charge is 2.34.